The molecule has 0 aliphatic rings. The first kappa shape index (κ1) is 14.9. The fraction of sp³-hybridized carbons (Fsp3) is 0.643. The first-order valence-corrected chi connectivity index (χ1v) is 5.75. The van der Waals surface area contributed by atoms with Gasteiger partial charge in [-0.05, 0) is 27.2 Å². The summed E-state index contributed by atoms with van der Waals surface area (Å²) in [5.41, 5.74) is 2.86. The molecular formula is C14H25NO. The third-order valence-electron chi connectivity index (χ3n) is 3.16. The van der Waals surface area contributed by atoms with E-state index in [-0.39, 0.29) is 11.3 Å². The molecule has 2 nitrogen and oxygen atoms in total. The highest BCUT2D eigenvalue weighted by atomic mass is 16.4. The molecule has 0 heterocycles. The molecule has 0 fully saturated rings. The standard InChI is InChI=1S/C14H25NO/c1-10(2)8-9-12(5)13(15-16)14(6,7)11(3)4/h8,12,16H,3,9H2,1-2,4-7H3/b15-13-. The second kappa shape index (κ2) is 5.88. The highest BCUT2D eigenvalue weighted by Gasteiger charge is 2.30. The Morgan fingerprint density at radius 1 is 1.38 bits per heavy atom. The molecule has 0 spiro atoms. The Labute approximate surface area is 99.7 Å². The van der Waals surface area contributed by atoms with E-state index in [9.17, 15) is 5.21 Å². The summed E-state index contributed by atoms with van der Waals surface area (Å²) >= 11 is 0. The Morgan fingerprint density at radius 3 is 2.19 bits per heavy atom. The highest BCUT2D eigenvalue weighted by molar-refractivity contribution is 5.93. The zero-order chi connectivity index (χ0) is 12.9. The first-order chi connectivity index (χ1) is 7.23. The van der Waals surface area contributed by atoms with Crippen molar-refractivity contribution in [1.82, 2.24) is 0 Å². The predicted molar refractivity (Wildman–Crippen MR) is 71.0 cm³/mol. The topological polar surface area (TPSA) is 32.6 Å². The van der Waals surface area contributed by atoms with Crippen molar-refractivity contribution in [2.75, 3.05) is 0 Å². The summed E-state index contributed by atoms with van der Waals surface area (Å²) in [4.78, 5) is 0. The number of rotatable bonds is 5. The second-order valence-corrected chi connectivity index (χ2v) is 5.31. The average Bonchev–Trinajstić information content (AvgIpc) is 2.15. The number of nitrogens with zero attached hydrogens (tertiary/aromatic N) is 1. The van der Waals surface area contributed by atoms with Gasteiger partial charge in [-0.15, -0.1) is 0 Å². The number of hydrogen-bond acceptors (Lipinski definition) is 2. The molecule has 0 aromatic rings. The van der Waals surface area contributed by atoms with Crippen LogP contribution in [0, 0.1) is 11.3 Å². The van der Waals surface area contributed by atoms with E-state index in [1.54, 1.807) is 0 Å². The van der Waals surface area contributed by atoms with Gasteiger partial charge in [0.15, 0.2) is 0 Å². The third-order valence-corrected chi connectivity index (χ3v) is 3.16. The predicted octanol–water partition coefficient (Wildman–Crippen LogP) is 4.41. The van der Waals surface area contributed by atoms with Crippen LogP contribution in [-0.4, -0.2) is 10.9 Å². The van der Waals surface area contributed by atoms with Crippen LogP contribution in [0.3, 0.4) is 0 Å². The molecule has 0 radical (unpaired) electrons. The van der Waals surface area contributed by atoms with E-state index in [4.69, 9.17) is 0 Å². The van der Waals surface area contributed by atoms with Gasteiger partial charge in [0.25, 0.3) is 0 Å². The van der Waals surface area contributed by atoms with Gasteiger partial charge in [0.1, 0.15) is 0 Å². The SMILES string of the molecule is C=C(C)C(C)(C)/C(=N\O)C(C)CC=C(C)C. The van der Waals surface area contributed by atoms with E-state index in [0.29, 0.717) is 0 Å². The number of oxime groups is 1. The summed E-state index contributed by atoms with van der Waals surface area (Å²) in [6, 6.07) is 0. The maximum atomic E-state index is 9.17. The molecule has 0 amide bonds. The van der Waals surface area contributed by atoms with Crippen molar-refractivity contribution in [1.29, 1.82) is 0 Å². The lowest BCUT2D eigenvalue weighted by Crippen LogP contribution is -2.30. The minimum atomic E-state index is -0.246. The van der Waals surface area contributed by atoms with Crippen molar-refractivity contribution in [2.24, 2.45) is 16.5 Å². The molecule has 0 aliphatic carbocycles. The Balaban J connectivity index is 4.90. The van der Waals surface area contributed by atoms with Crippen LogP contribution in [0.15, 0.2) is 29.0 Å². The molecular weight excluding hydrogens is 198 g/mol. The van der Waals surface area contributed by atoms with Gasteiger partial charge in [-0.2, -0.15) is 0 Å². The van der Waals surface area contributed by atoms with Crippen molar-refractivity contribution in [3.8, 4) is 0 Å². The Bertz CT molecular complexity index is 307. The lowest BCUT2D eigenvalue weighted by atomic mass is 9.75. The fourth-order valence-corrected chi connectivity index (χ4v) is 1.58. The van der Waals surface area contributed by atoms with E-state index < -0.39 is 0 Å². The van der Waals surface area contributed by atoms with Gasteiger partial charge in [-0.25, -0.2) is 0 Å². The monoisotopic (exact) mass is 223 g/mol. The second-order valence-electron chi connectivity index (χ2n) is 5.31. The molecule has 0 aromatic heterocycles. The largest absolute Gasteiger partial charge is 0.411 e. The van der Waals surface area contributed by atoms with Crippen molar-refractivity contribution >= 4 is 5.71 Å². The van der Waals surface area contributed by atoms with Crippen molar-refractivity contribution < 1.29 is 5.21 Å². The smallest absolute Gasteiger partial charge is 0.0698 e. The van der Waals surface area contributed by atoms with E-state index in [1.807, 2.05) is 20.8 Å². The Morgan fingerprint density at radius 2 is 1.88 bits per heavy atom. The van der Waals surface area contributed by atoms with E-state index in [1.165, 1.54) is 5.57 Å². The van der Waals surface area contributed by atoms with E-state index in [0.717, 1.165) is 17.7 Å². The maximum absolute atomic E-state index is 9.17. The van der Waals surface area contributed by atoms with Crippen LogP contribution < -0.4 is 0 Å². The van der Waals surface area contributed by atoms with Crippen LogP contribution >= 0.6 is 0 Å². The molecule has 2 heteroatoms. The number of hydrogen-bond donors (Lipinski definition) is 1. The molecule has 92 valence electrons. The Hall–Kier alpha value is -1.05. The third kappa shape index (κ3) is 3.84. The summed E-state index contributed by atoms with van der Waals surface area (Å²) in [7, 11) is 0. The van der Waals surface area contributed by atoms with Crippen LogP contribution in [0.25, 0.3) is 0 Å². The van der Waals surface area contributed by atoms with Crippen molar-refractivity contribution in [2.45, 2.75) is 48.0 Å². The molecule has 1 unspecified atom stereocenters. The van der Waals surface area contributed by atoms with Gasteiger partial charge in [0.05, 0.1) is 5.71 Å². The van der Waals surface area contributed by atoms with Gasteiger partial charge in [-0.3, -0.25) is 0 Å². The van der Waals surface area contributed by atoms with Gasteiger partial charge < -0.3 is 5.21 Å². The average molecular weight is 223 g/mol. The quantitative estimate of drug-likeness (QED) is 0.318. The van der Waals surface area contributed by atoms with E-state index in [2.05, 4.69) is 38.6 Å². The zero-order valence-corrected chi connectivity index (χ0v) is 11.5. The van der Waals surface area contributed by atoms with Crippen LogP contribution in [0.2, 0.25) is 0 Å². The summed E-state index contributed by atoms with van der Waals surface area (Å²) in [6.07, 6.45) is 3.07. The normalized spacial score (nSPS) is 14.5. The van der Waals surface area contributed by atoms with E-state index >= 15 is 0 Å². The van der Waals surface area contributed by atoms with Gasteiger partial charge in [0, 0.05) is 11.3 Å². The van der Waals surface area contributed by atoms with Crippen LogP contribution in [0.1, 0.15) is 48.0 Å². The van der Waals surface area contributed by atoms with Crippen molar-refractivity contribution in [3.05, 3.63) is 23.8 Å². The summed E-state index contributed by atoms with van der Waals surface area (Å²) in [5.74, 6) is 0.228. The highest BCUT2D eigenvalue weighted by Crippen LogP contribution is 2.31. The van der Waals surface area contributed by atoms with Crippen molar-refractivity contribution in [3.63, 3.8) is 0 Å². The molecule has 1 atom stereocenters. The Kier molecular flexibility index (Phi) is 5.49. The minimum absolute atomic E-state index is 0.228. The lowest BCUT2D eigenvalue weighted by Gasteiger charge is -2.29. The minimum Gasteiger partial charge on any atom is -0.411 e. The van der Waals surface area contributed by atoms with Gasteiger partial charge >= 0.3 is 0 Å². The summed E-state index contributed by atoms with van der Waals surface area (Å²) < 4.78 is 0. The molecule has 0 rings (SSSR count). The zero-order valence-electron chi connectivity index (χ0n) is 11.5. The van der Waals surface area contributed by atoms with Crippen LogP contribution in [0.4, 0.5) is 0 Å². The molecule has 0 bridgehead atoms. The molecule has 0 aliphatic heterocycles. The van der Waals surface area contributed by atoms with Crippen LogP contribution in [0.5, 0.6) is 0 Å². The fourth-order valence-electron chi connectivity index (χ4n) is 1.58. The molecule has 0 aromatic carbocycles. The maximum Gasteiger partial charge on any atom is 0.0698 e. The van der Waals surface area contributed by atoms with Gasteiger partial charge in [0.2, 0.25) is 0 Å². The summed E-state index contributed by atoms with van der Waals surface area (Å²) in [6.45, 7) is 16.3. The molecule has 1 N–H and O–H groups in total. The summed E-state index contributed by atoms with van der Waals surface area (Å²) in [5, 5.41) is 12.7. The first-order valence-electron chi connectivity index (χ1n) is 5.75. The van der Waals surface area contributed by atoms with Crippen LogP contribution in [-0.2, 0) is 0 Å². The molecule has 16 heavy (non-hydrogen) atoms. The number of allylic oxidation sites excluding steroid dienone is 3. The molecule has 0 saturated heterocycles. The lowest BCUT2D eigenvalue weighted by molar-refractivity contribution is 0.306. The van der Waals surface area contributed by atoms with Gasteiger partial charge in [-0.1, -0.05) is 49.7 Å². The molecule has 0 saturated carbocycles.